The molecule has 1 unspecified atom stereocenters. The van der Waals surface area contributed by atoms with Crippen molar-refractivity contribution in [2.24, 2.45) is 17.8 Å². The van der Waals surface area contributed by atoms with Crippen LogP contribution in [0.2, 0.25) is 0 Å². The van der Waals surface area contributed by atoms with Gasteiger partial charge in [-0.2, -0.15) is 13.2 Å². The highest BCUT2D eigenvalue weighted by atomic mass is 32.2. The maximum Gasteiger partial charge on any atom is 0.450 e. The predicted molar refractivity (Wildman–Crippen MR) is 71.9 cm³/mol. The van der Waals surface area contributed by atoms with Crippen molar-refractivity contribution in [2.45, 2.75) is 22.7 Å². The lowest BCUT2D eigenvalue weighted by molar-refractivity contribution is -0.176. The van der Waals surface area contributed by atoms with E-state index in [9.17, 15) is 22.2 Å². The monoisotopic (exact) mass is 314 g/mol. The molecule has 6 heteroatoms. The first-order chi connectivity index (χ1) is 9.89. The highest BCUT2D eigenvalue weighted by molar-refractivity contribution is 7.85. The fourth-order valence-corrected chi connectivity index (χ4v) is 5.16. The Morgan fingerprint density at radius 1 is 1.10 bits per heavy atom. The molecule has 21 heavy (non-hydrogen) atoms. The number of carbonyl (C=O) groups excluding carboxylic acids is 1. The minimum absolute atomic E-state index is 0.215. The minimum Gasteiger partial charge on any atom is -0.289 e. The van der Waals surface area contributed by atoms with Gasteiger partial charge in [-0.3, -0.25) is 9.00 Å². The molecule has 0 saturated heterocycles. The van der Waals surface area contributed by atoms with Crippen molar-refractivity contribution in [2.75, 3.05) is 0 Å². The van der Waals surface area contributed by atoms with Gasteiger partial charge in [-0.15, -0.1) is 0 Å². The molecule has 0 amide bonds. The fraction of sp³-hybridized carbons (Fsp3) is 0.400. The topological polar surface area (TPSA) is 34.1 Å². The number of benzene rings is 1. The molecule has 1 aromatic rings. The van der Waals surface area contributed by atoms with E-state index in [0.29, 0.717) is 11.3 Å². The molecule has 2 bridgehead atoms. The molecule has 0 spiro atoms. The summed E-state index contributed by atoms with van der Waals surface area (Å²) in [6.45, 7) is 0. The van der Waals surface area contributed by atoms with Crippen LogP contribution in [0.15, 0.2) is 47.4 Å². The van der Waals surface area contributed by atoms with Crippen LogP contribution in [0.1, 0.15) is 6.42 Å². The number of alkyl halides is 3. The zero-order valence-corrected chi connectivity index (χ0v) is 11.7. The molecule has 5 atom stereocenters. The molecule has 1 aromatic carbocycles. The van der Waals surface area contributed by atoms with E-state index in [1.165, 1.54) is 0 Å². The minimum atomic E-state index is -4.87. The third kappa shape index (κ3) is 2.46. The molecule has 0 radical (unpaired) electrons. The number of halogens is 3. The van der Waals surface area contributed by atoms with Crippen LogP contribution in [0.25, 0.3) is 0 Å². The van der Waals surface area contributed by atoms with E-state index in [2.05, 4.69) is 0 Å². The second-order valence-electron chi connectivity index (χ2n) is 5.41. The highest BCUT2D eigenvalue weighted by Crippen LogP contribution is 2.49. The number of Topliss-reactive ketones (excluding diaryl/α,β-unsaturated/α-hetero) is 1. The summed E-state index contributed by atoms with van der Waals surface area (Å²) in [5.74, 6) is -3.62. The molecule has 1 saturated carbocycles. The Kier molecular flexibility index (Phi) is 3.51. The smallest absolute Gasteiger partial charge is 0.289 e. The van der Waals surface area contributed by atoms with E-state index in [0.717, 1.165) is 0 Å². The third-order valence-corrected chi connectivity index (χ3v) is 6.07. The average Bonchev–Trinajstić information content (AvgIpc) is 3.06. The van der Waals surface area contributed by atoms with E-state index < -0.39 is 39.8 Å². The zero-order chi connectivity index (χ0) is 15.2. The third-order valence-electron chi connectivity index (χ3n) is 4.19. The highest BCUT2D eigenvalue weighted by Gasteiger charge is 2.57. The molecule has 1 fully saturated rings. The second-order valence-corrected chi connectivity index (χ2v) is 7.02. The number of hydrogen-bond acceptors (Lipinski definition) is 2. The van der Waals surface area contributed by atoms with Crippen molar-refractivity contribution >= 4 is 16.6 Å². The van der Waals surface area contributed by atoms with Gasteiger partial charge in [0.15, 0.2) is 0 Å². The van der Waals surface area contributed by atoms with Gasteiger partial charge < -0.3 is 0 Å². The van der Waals surface area contributed by atoms with Crippen LogP contribution in [-0.2, 0) is 15.6 Å². The van der Waals surface area contributed by atoms with Crippen molar-refractivity contribution in [1.29, 1.82) is 0 Å². The zero-order valence-electron chi connectivity index (χ0n) is 10.9. The summed E-state index contributed by atoms with van der Waals surface area (Å²) in [4.78, 5) is 12.2. The van der Waals surface area contributed by atoms with Crippen LogP contribution >= 0.6 is 0 Å². The van der Waals surface area contributed by atoms with Crippen LogP contribution < -0.4 is 0 Å². The maximum absolute atomic E-state index is 12.8. The van der Waals surface area contributed by atoms with Crippen molar-refractivity contribution in [3.8, 4) is 0 Å². The summed E-state index contributed by atoms with van der Waals surface area (Å²) in [6.07, 6.45) is -0.925. The average molecular weight is 314 g/mol. The molecular weight excluding hydrogens is 301 g/mol. The molecule has 2 aliphatic rings. The van der Waals surface area contributed by atoms with E-state index in [-0.39, 0.29) is 5.92 Å². The van der Waals surface area contributed by atoms with Crippen molar-refractivity contribution in [3.05, 3.63) is 42.5 Å². The second kappa shape index (κ2) is 5.09. The quantitative estimate of drug-likeness (QED) is 0.803. The van der Waals surface area contributed by atoms with Crippen LogP contribution in [0.3, 0.4) is 0 Å². The van der Waals surface area contributed by atoms with Gasteiger partial charge >= 0.3 is 6.18 Å². The summed E-state index contributed by atoms with van der Waals surface area (Å²) < 4.78 is 51.0. The van der Waals surface area contributed by atoms with Gasteiger partial charge in [0.25, 0.3) is 0 Å². The van der Waals surface area contributed by atoms with Crippen LogP contribution in [0.5, 0.6) is 0 Å². The molecule has 3 rings (SSSR count). The molecular formula is C15H13F3O2S. The Hall–Kier alpha value is -1.43. The van der Waals surface area contributed by atoms with Gasteiger partial charge in [0, 0.05) is 10.8 Å². The van der Waals surface area contributed by atoms with Gasteiger partial charge in [0.1, 0.15) is 0 Å². The SMILES string of the molecule is O=C([C@H]1[C@H](S(=O)c2ccccc2)[C@@H]2C=C[C@H]1C2)C(F)(F)F. The van der Waals surface area contributed by atoms with Crippen molar-refractivity contribution in [3.63, 3.8) is 0 Å². The molecule has 112 valence electrons. The van der Waals surface area contributed by atoms with Gasteiger partial charge in [-0.05, 0) is 30.4 Å². The van der Waals surface area contributed by atoms with E-state index in [1.54, 1.807) is 42.5 Å². The first-order valence-corrected chi connectivity index (χ1v) is 7.86. The Bertz CT molecular complexity index is 609. The predicted octanol–water partition coefficient (Wildman–Crippen LogP) is 3.12. The van der Waals surface area contributed by atoms with Gasteiger partial charge in [0.2, 0.25) is 5.78 Å². The van der Waals surface area contributed by atoms with Crippen LogP contribution in [0, 0.1) is 17.8 Å². The Balaban J connectivity index is 1.95. The summed E-state index contributed by atoms with van der Waals surface area (Å²) in [7, 11) is -1.62. The summed E-state index contributed by atoms with van der Waals surface area (Å²) >= 11 is 0. The van der Waals surface area contributed by atoms with Crippen LogP contribution in [-0.4, -0.2) is 21.4 Å². The summed E-state index contributed by atoms with van der Waals surface area (Å²) in [6, 6.07) is 8.38. The molecule has 0 heterocycles. The standard InChI is InChI=1S/C15H13F3O2S/c16-15(17,18)14(19)12-9-6-7-10(8-9)13(12)21(20)11-4-2-1-3-5-11/h1-7,9-10,12-13H,8H2/t9-,10+,12+,13+,21?/m0/s1. The molecule has 0 aliphatic heterocycles. The number of rotatable bonds is 3. The van der Waals surface area contributed by atoms with E-state index in [4.69, 9.17) is 0 Å². The Morgan fingerprint density at radius 2 is 1.71 bits per heavy atom. The number of allylic oxidation sites excluding steroid dienone is 2. The number of hydrogen-bond donors (Lipinski definition) is 0. The number of ketones is 1. The van der Waals surface area contributed by atoms with Crippen molar-refractivity contribution < 1.29 is 22.2 Å². The number of carbonyl (C=O) groups is 1. The Morgan fingerprint density at radius 3 is 2.33 bits per heavy atom. The molecule has 2 aliphatic carbocycles. The van der Waals surface area contributed by atoms with Gasteiger partial charge in [-0.25, -0.2) is 0 Å². The van der Waals surface area contributed by atoms with Gasteiger partial charge in [0.05, 0.1) is 16.0 Å². The lowest BCUT2D eigenvalue weighted by Crippen LogP contribution is -2.41. The number of fused-ring (bicyclic) bond motifs is 2. The van der Waals surface area contributed by atoms with E-state index >= 15 is 0 Å². The summed E-state index contributed by atoms with van der Waals surface area (Å²) in [5.41, 5.74) is 0. The lowest BCUT2D eigenvalue weighted by atomic mass is 9.89. The van der Waals surface area contributed by atoms with Crippen LogP contribution in [0.4, 0.5) is 13.2 Å². The van der Waals surface area contributed by atoms with Gasteiger partial charge in [-0.1, -0.05) is 30.4 Å². The summed E-state index contributed by atoms with van der Waals surface area (Å²) in [5, 5.41) is -0.781. The Labute approximate surface area is 122 Å². The van der Waals surface area contributed by atoms with E-state index in [1.807, 2.05) is 0 Å². The normalized spacial score (nSPS) is 32.3. The van der Waals surface area contributed by atoms with Crippen molar-refractivity contribution in [1.82, 2.24) is 0 Å². The maximum atomic E-state index is 12.8. The molecule has 2 nitrogen and oxygen atoms in total. The largest absolute Gasteiger partial charge is 0.450 e. The first-order valence-electron chi connectivity index (χ1n) is 6.64. The molecule has 0 aromatic heterocycles. The lowest BCUT2D eigenvalue weighted by Gasteiger charge is -2.27. The molecule has 0 N–H and O–H groups in total. The first kappa shape index (κ1) is 14.5. The fourth-order valence-electron chi connectivity index (χ4n) is 3.31.